The van der Waals surface area contributed by atoms with E-state index in [2.05, 4.69) is 5.32 Å². The molecule has 2 amide bonds. The van der Waals surface area contributed by atoms with Gasteiger partial charge >= 0.3 is 5.97 Å². The highest BCUT2D eigenvalue weighted by molar-refractivity contribution is 5.97. The normalized spacial score (nSPS) is 25.3. The third-order valence-corrected chi connectivity index (χ3v) is 5.35. The molecule has 1 saturated carbocycles. The lowest BCUT2D eigenvalue weighted by Crippen LogP contribution is -2.46. The highest BCUT2D eigenvalue weighted by Crippen LogP contribution is 2.40. The number of carbonyl (C=O) groups excluding carboxylic acids is 2. The topological polar surface area (TPSA) is 86.7 Å². The summed E-state index contributed by atoms with van der Waals surface area (Å²) in [6.45, 7) is 1.87. The van der Waals surface area contributed by atoms with Crippen molar-refractivity contribution in [3.63, 3.8) is 0 Å². The Kier molecular flexibility index (Phi) is 5.06. The average molecular weight is 344 g/mol. The van der Waals surface area contributed by atoms with Crippen LogP contribution in [0.25, 0.3) is 0 Å². The van der Waals surface area contributed by atoms with Crippen molar-refractivity contribution in [2.75, 3.05) is 0 Å². The standard InChI is InChI=1S/C19H24N2O4/c1-12(22)20-11-13-6-8-14(9-7-13)18(23)21-16-5-3-2-4-15(16)10-17(21)19(24)25/h6-9,15-17H,2-5,10-11H2,1H3,(H,20,22)(H,24,25)/t15-,16-,17-/m0/s1. The fourth-order valence-electron chi connectivity index (χ4n) is 4.11. The van der Waals surface area contributed by atoms with Gasteiger partial charge in [0.1, 0.15) is 6.04 Å². The average Bonchev–Trinajstić information content (AvgIpc) is 2.99. The van der Waals surface area contributed by atoms with E-state index in [0.29, 0.717) is 24.4 Å². The highest BCUT2D eigenvalue weighted by Gasteiger charge is 2.47. The first-order valence-electron chi connectivity index (χ1n) is 8.86. The number of hydrogen-bond donors (Lipinski definition) is 2. The Morgan fingerprint density at radius 2 is 1.84 bits per heavy atom. The fraction of sp³-hybridized carbons (Fsp3) is 0.526. The van der Waals surface area contributed by atoms with Crippen molar-refractivity contribution in [2.24, 2.45) is 5.92 Å². The number of fused-ring (bicyclic) bond motifs is 1. The zero-order valence-corrected chi connectivity index (χ0v) is 14.4. The molecular formula is C19H24N2O4. The second kappa shape index (κ2) is 7.25. The molecule has 1 aliphatic heterocycles. The SMILES string of the molecule is CC(=O)NCc1ccc(C(=O)N2[C@H](C(=O)O)C[C@@H]3CCCC[C@@H]32)cc1. The summed E-state index contributed by atoms with van der Waals surface area (Å²) >= 11 is 0. The van der Waals surface area contributed by atoms with Gasteiger partial charge in [0.25, 0.3) is 5.91 Å². The highest BCUT2D eigenvalue weighted by atomic mass is 16.4. The van der Waals surface area contributed by atoms with Crippen molar-refractivity contribution in [3.05, 3.63) is 35.4 Å². The van der Waals surface area contributed by atoms with Crippen molar-refractivity contribution in [1.82, 2.24) is 10.2 Å². The maximum Gasteiger partial charge on any atom is 0.326 e. The predicted octanol–water partition coefficient (Wildman–Crippen LogP) is 2.18. The molecule has 3 rings (SSSR count). The molecule has 6 heteroatoms. The molecule has 1 aromatic rings. The number of hydrogen-bond acceptors (Lipinski definition) is 3. The number of nitrogens with one attached hydrogen (secondary N) is 1. The molecule has 134 valence electrons. The lowest BCUT2D eigenvalue weighted by atomic mass is 9.84. The Labute approximate surface area is 147 Å². The minimum Gasteiger partial charge on any atom is -0.480 e. The van der Waals surface area contributed by atoms with Crippen LogP contribution in [0.15, 0.2) is 24.3 Å². The molecule has 1 aliphatic carbocycles. The van der Waals surface area contributed by atoms with E-state index in [1.807, 2.05) is 0 Å². The van der Waals surface area contributed by atoms with E-state index in [0.717, 1.165) is 31.2 Å². The zero-order chi connectivity index (χ0) is 18.0. The third-order valence-electron chi connectivity index (χ3n) is 5.35. The summed E-state index contributed by atoms with van der Waals surface area (Å²) in [4.78, 5) is 37.2. The van der Waals surface area contributed by atoms with E-state index in [9.17, 15) is 19.5 Å². The molecule has 3 atom stereocenters. The van der Waals surface area contributed by atoms with Gasteiger partial charge in [0, 0.05) is 25.1 Å². The zero-order valence-electron chi connectivity index (χ0n) is 14.4. The van der Waals surface area contributed by atoms with E-state index in [-0.39, 0.29) is 17.9 Å². The van der Waals surface area contributed by atoms with Gasteiger partial charge < -0.3 is 15.3 Å². The van der Waals surface area contributed by atoms with E-state index in [1.54, 1.807) is 29.2 Å². The molecule has 2 aliphatic rings. The van der Waals surface area contributed by atoms with Crippen molar-refractivity contribution < 1.29 is 19.5 Å². The molecule has 1 heterocycles. The maximum atomic E-state index is 13.0. The van der Waals surface area contributed by atoms with Crippen molar-refractivity contribution >= 4 is 17.8 Å². The smallest absolute Gasteiger partial charge is 0.326 e. The van der Waals surface area contributed by atoms with Gasteiger partial charge in [0.15, 0.2) is 0 Å². The van der Waals surface area contributed by atoms with Crippen molar-refractivity contribution in [2.45, 2.75) is 57.7 Å². The van der Waals surface area contributed by atoms with E-state index in [1.165, 1.54) is 6.92 Å². The summed E-state index contributed by atoms with van der Waals surface area (Å²) in [6, 6.07) is 6.35. The van der Waals surface area contributed by atoms with Crippen LogP contribution in [0.2, 0.25) is 0 Å². The summed E-state index contributed by atoms with van der Waals surface area (Å²) < 4.78 is 0. The summed E-state index contributed by atoms with van der Waals surface area (Å²) in [5, 5.41) is 12.3. The van der Waals surface area contributed by atoms with Crippen LogP contribution in [0.1, 0.15) is 54.9 Å². The predicted molar refractivity (Wildman–Crippen MR) is 91.9 cm³/mol. The Morgan fingerprint density at radius 3 is 2.48 bits per heavy atom. The molecule has 1 saturated heterocycles. The van der Waals surface area contributed by atoms with Crippen molar-refractivity contribution in [3.8, 4) is 0 Å². The number of benzene rings is 1. The molecule has 6 nitrogen and oxygen atoms in total. The van der Waals surface area contributed by atoms with Gasteiger partial charge in [0.2, 0.25) is 5.91 Å². The second-order valence-corrected chi connectivity index (χ2v) is 7.02. The minimum absolute atomic E-state index is 0.0430. The number of aliphatic carboxylic acids is 1. The van der Waals surface area contributed by atoms with Crippen LogP contribution in [0, 0.1) is 5.92 Å². The Hall–Kier alpha value is -2.37. The van der Waals surface area contributed by atoms with Gasteiger partial charge in [-0.2, -0.15) is 0 Å². The van der Waals surface area contributed by atoms with E-state index < -0.39 is 12.0 Å². The minimum atomic E-state index is -0.912. The monoisotopic (exact) mass is 344 g/mol. The molecule has 0 bridgehead atoms. The number of rotatable bonds is 4. The molecule has 0 spiro atoms. The number of carboxylic acid groups (broad SMARTS) is 1. The Balaban J connectivity index is 1.78. The lowest BCUT2D eigenvalue weighted by molar-refractivity contribution is -0.141. The number of amides is 2. The van der Waals surface area contributed by atoms with E-state index >= 15 is 0 Å². The molecule has 1 aromatic carbocycles. The quantitative estimate of drug-likeness (QED) is 0.876. The molecule has 2 fully saturated rings. The van der Waals surface area contributed by atoms with Crippen LogP contribution in [0.4, 0.5) is 0 Å². The molecule has 0 unspecified atom stereocenters. The second-order valence-electron chi connectivity index (χ2n) is 7.02. The Bertz CT molecular complexity index is 671. The van der Waals surface area contributed by atoms with Crippen LogP contribution < -0.4 is 5.32 Å². The maximum absolute atomic E-state index is 13.0. The van der Waals surface area contributed by atoms with Gasteiger partial charge in [-0.1, -0.05) is 25.0 Å². The van der Waals surface area contributed by atoms with Gasteiger partial charge in [-0.25, -0.2) is 4.79 Å². The molecule has 0 aromatic heterocycles. The number of carbonyl (C=O) groups is 3. The largest absolute Gasteiger partial charge is 0.480 e. The Morgan fingerprint density at radius 1 is 1.16 bits per heavy atom. The summed E-state index contributed by atoms with van der Waals surface area (Å²) in [6.07, 6.45) is 4.63. The molecule has 0 radical (unpaired) electrons. The summed E-state index contributed by atoms with van der Waals surface area (Å²) in [7, 11) is 0. The van der Waals surface area contributed by atoms with Crippen LogP contribution in [-0.2, 0) is 16.1 Å². The van der Waals surface area contributed by atoms with Crippen LogP contribution in [0.5, 0.6) is 0 Å². The number of likely N-dealkylation sites (tertiary alicyclic amines) is 1. The lowest BCUT2D eigenvalue weighted by Gasteiger charge is -2.33. The first-order chi connectivity index (χ1) is 12.0. The van der Waals surface area contributed by atoms with Gasteiger partial charge in [-0.3, -0.25) is 9.59 Å². The number of carboxylic acids is 1. The van der Waals surface area contributed by atoms with Gasteiger partial charge in [-0.05, 0) is 42.9 Å². The van der Waals surface area contributed by atoms with Crippen LogP contribution in [0.3, 0.4) is 0 Å². The fourth-order valence-corrected chi connectivity index (χ4v) is 4.11. The first-order valence-corrected chi connectivity index (χ1v) is 8.86. The van der Waals surface area contributed by atoms with Gasteiger partial charge in [-0.15, -0.1) is 0 Å². The summed E-state index contributed by atoms with van der Waals surface area (Å²) in [5.41, 5.74) is 1.41. The number of nitrogens with zero attached hydrogens (tertiary/aromatic N) is 1. The van der Waals surface area contributed by atoms with Crippen LogP contribution >= 0.6 is 0 Å². The summed E-state index contributed by atoms with van der Waals surface area (Å²) in [5.74, 6) is -0.916. The van der Waals surface area contributed by atoms with Crippen LogP contribution in [-0.4, -0.2) is 39.9 Å². The van der Waals surface area contributed by atoms with Gasteiger partial charge in [0.05, 0.1) is 0 Å². The molecule has 2 N–H and O–H groups in total. The third kappa shape index (κ3) is 3.67. The van der Waals surface area contributed by atoms with Crippen molar-refractivity contribution in [1.29, 1.82) is 0 Å². The molecule has 25 heavy (non-hydrogen) atoms. The first kappa shape index (κ1) is 17.5. The molecular weight excluding hydrogens is 320 g/mol. The van der Waals surface area contributed by atoms with E-state index in [4.69, 9.17) is 0 Å².